The lowest BCUT2D eigenvalue weighted by atomic mass is 9.78. The molecule has 1 aliphatic carbocycles. The number of carbonyl (C=O) groups is 1. The predicted octanol–water partition coefficient (Wildman–Crippen LogP) is 2.89. The third kappa shape index (κ3) is 3.21. The van der Waals surface area contributed by atoms with Crippen LogP contribution in [0, 0.1) is 11.8 Å². The van der Waals surface area contributed by atoms with E-state index in [1.807, 2.05) is 18.2 Å². The van der Waals surface area contributed by atoms with Gasteiger partial charge in [0, 0.05) is 24.7 Å². The molecule has 4 heteroatoms. The number of benzene rings is 1. The lowest BCUT2D eigenvalue weighted by Crippen LogP contribution is -2.46. The number of hydrogen-bond acceptors (Lipinski definition) is 3. The molecule has 1 aromatic carbocycles. The maximum atomic E-state index is 12.7. The number of hydrogen-bond donors (Lipinski definition) is 0. The maximum absolute atomic E-state index is 12.7. The highest BCUT2D eigenvalue weighted by Crippen LogP contribution is 2.35. The van der Waals surface area contributed by atoms with Crippen LogP contribution in [0.3, 0.4) is 0 Å². The molecule has 1 heterocycles. The summed E-state index contributed by atoms with van der Waals surface area (Å²) in [6.07, 6.45) is 5.63. The summed E-state index contributed by atoms with van der Waals surface area (Å²) in [6.45, 7) is 1.88. The van der Waals surface area contributed by atoms with Crippen molar-refractivity contribution in [1.82, 2.24) is 4.90 Å². The van der Waals surface area contributed by atoms with Crippen LogP contribution in [0.5, 0.6) is 11.5 Å². The Labute approximate surface area is 132 Å². The smallest absolute Gasteiger partial charge is 0.227 e. The summed E-state index contributed by atoms with van der Waals surface area (Å²) in [7, 11) is 3.26. The minimum atomic E-state index is 0.222. The molecular formula is C18H25NO3. The minimum Gasteiger partial charge on any atom is -0.497 e. The van der Waals surface area contributed by atoms with Crippen LogP contribution in [0.2, 0.25) is 0 Å². The summed E-state index contributed by atoms with van der Waals surface area (Å²) in [5.41, 5.74) is 0.934. The van der Waals surface area contributed by atoms with Crippen LogP contribution in [0.25, 0.3) is 0 Å². The number of nitrogens with zero attached hydrogens (tertiary/aromatic N) is 1. The van der Waals surface area contributed by atoms with Crippen molar-refractivity contribution in [3.8, 4) is 11.5 Å². The molecule has 1 saturated carbocycles. The Balaban J connectivity index is 1.69. The molecule has 2 atom stereocenters. The molecule has 2 aliphatic rings. The molecule has 1 saturated heterocycles. The first-order valence-electron chi connectivity index (χ1n) is 8.18. The molecule has 0 N–H and O–H groups in total. The van der Waals surface area contributed by atoms with E-state index in [1.165, 1.54) is 25.7 Å². The fraction of sp³-hybridized carbons (Fsp3) is 0.611. The van der Waals surface area contributed by atoms with Gasteiger partial charge in [-0.15, -0.1) is 0 Å². The fourth-order valence-electron chi connectivity index (χ4n) is 3.91. The standard InChI is InChI=1S/C18H25NO3/c1-21-16-7-6-15(17(10-16)22-2)9-18(20)19-11-13-4-3-5-14(8-13)12-19/h6-7,10,13-14H,3-5,8-9,11-12H2,1-2H3/t13-,14-/m0/s1. The number of fused-ring (bicyclic) bond motifs is 2. The van der Waals surface area contributed by atoms with Crippen LogP contribution in [0.15, 0.2) is 18.2 Å². The molecule has 2 fully saturated rings. The van der Waals surface area contributed by atoms with Crippen molar-refractivity contribution in [1.29, 1.82) is 0 Å². The predicted molar refractivity (Wildman–Crippen MR) is 85.3 cm³/mol. The molecule has 0 aromatic heterocycles. The highest BCUT2D eigenvalue weighted by molar-refractivity contribution is 5.79. The molecule has 0 spiro atoms. The topological polar surface area (TPSA) is 38.8 Å². The number of ether oxygens (including phenoxy) is 2. The summed E-state index contributed by atoms with van der Waals surface area (Å²) >= 11 is 0. The van der Waals surface area contributed by atoms with Crippen molar-refractivity contribution in [2.45, 2.75) is 32.1 Å². The van der Waals surface area contributed by atoms with E-state index in [0.29, 0.717) is 18.3 Å². The molecule has 1 amide bonds. The van der Waals surface area contributed by atoms with Gasteiger partial charge >= 0.3 is 0 Å². The van der Waals surface area contributed by atoms with Gasteiger partial charge in [0.2, 0.25) is 5.91 Å². The van der Waals surface area contributed by atoms with Gasteiger partial charge in [-0.25, -0.2) is 0 Å². The van der Waals surface area contributed by atoms with Crippen LogP contribution in [-0.4, -0.2) is 38.1 Å². The molecule has 22 heavy (non-hydrogen) atoms. The van der Waals surface area contributed by atoms with E-state index >= 15 is 0 Å². The van der Waals surface area contributed by atoms with Crippen LogP contribution < -0.4 is 9.47 Å². The Morgan fingerprint density at radius 2 is 1.91 bits per heavy atom. The molecule has 120 valence electrons. The maximum Gasteiger partial charge on any atom is 0.227 e. The van der Waals surface area contributed by atoms with Gasteiger partial charge in [0.15, 0.2) is 0 Å². The lowest BCUT2D eigenvalue weighted by molar-refractivity contribution is -0.134. The van der Waals surface area contributed by atoms with E-state index in [1.54, 1.807) is 14.2 Å². The van der Waals surface area contributed by atoms with Crippen LogP contribution >= 0.6 is 0 Å². The zero-order valence-electron chi connectivity index (χ0n) is 13.5. The van der Waals surface area contributed by atoms with Gasteiger partial charge in [0.25, 0.3) is 0 Å². The van der Waals surface area contributed by atoms with Crippen molar-refractivity contribution in [2.75, 3.05) is 27.3 Å². The average Bonchev–Trinajstić information content (AvgIpc) is 2.54. The van der Waals surface area contributed by atoms with Crippen molar-refractivity contribution < 1.29 is 14.3 Å². The van der Waals surface area contributed by atoms with E-state index in [9.17, 15) is 4.79 Å². The molecule has 2 bridgehead atoms. The summed E-state index contributed by atoms with van der Waals surface area (Å²) < 4.78 is 10.6. The van der Waals surface area contributed by atoms with Crippen molar-refractivity contribution >= 4 is 5.91 Å². The Kier molecular flexibility index (Phi) is 4.55. The van der Waals surface area contributed by atoms with Gasteiger partial charge in [0.05, 0.1) is 20.6 Å². The second-order valence-corrected chi connectivity index (χ2v) is 6.55. The highest BCUT2D eigenvalue weighted by atomic mass is 16.5. The Morgan fingerprint density at radius 3 is 2.55 bits per heavy atom. The number of carbonyl (C=O) groups excluding carboxylic acids is 1. The van der Waals surface area contributed by atoms with Crippen molar-refractivity contribution in [3.05, 3.63) is 23.8 Å². The van der Waals surface area contributed by atoms with E-state index in [2.05, 4.69) is 4.90 Å². The quantitative estimate of drug-likeness (QED) is 0.858. The van der Waals surface area contributed by atoms with Gasteiger partial charge < -0.3 is 14.4 Å². The summed E-state index contributed by atoms with van der Waals surface area (Å²) in [5.74, 6) is 3.13. The Hall–Kier alpha value is -1.71. The van der Waals surface area contributed by atoms with E-state index < -0.39 is 0 Å². The SMILES string of the molecule is COc1ccc(CC(=O)N2C[C@H]3CCC[C@@H](C3)C2)c(OC)c1. The first-order chi connectivity index (χ1) is 10.7. The monoisotopic (exact) mass is 303 g/mol. The van der Waals surface area contributed by atoms with Gasteiger partial charge in [-0.2, -0.15) is 0 Å². The van der Waals surface area contributed by atoms with E-state index in [4.69, 9.17) is 9.47 Å². The second-order valence-electron chi connectivity index (χ2n) is 6.55. The fourth-order valence-corrected chi connectivity index (χ4v) is 3.91. The zero-order valence-corrected chi connectivity index (χ0v) is 13.5. The van der Waals surface area contributed by atoms with E-state index in [-0.39, 0.29) is 5.91 Å². The first-order valence-corrected chi connectivity index (χ1v) is 8.18. The molecular weight excluding hydrogens is 278 g/mol. The number of likely N-dealkylation sites (tertiary alicyclic amines) is 1. The van der Waals surface area contributed by atoms with E-state index in [0.717, 1.165) is 30.2 Å². The third-order valence-electron chi connectivity index (χ3n) is 5.04. The number of methoxy groups -OCH3 is 2. The molecule has 1 aromatic rings. The van der Waals surface area contributed by atoms with Crippen LogP contribution in [-0.2, 0) is 11.2 Å². The lowest BCUT2D eigenvalue weighted by Gasteiger charge is -2.41. The normalized spacial score (nSPS) is 24.0. The van der Waals surface area contributed by atoms with Crippen LogP contribution in [0.1, 0.15) is 31.2 Å². The second kappa shape index (κ2) is 6.59. The Bertz CT molecular complexity index is 531. The highest BCUT2D eigenvalue weighted by Gasteiger charge is 2.32. The van der Waals surface area contributed by atoms with Crippen molar-refractivity contribution in [3.63, 3.8) is 0 Å². The minimum absolute atomic E-state index is 0.222. The van der Waals surface area contributed by atoms with Crippen LogP contribution in [0.4, 0.5) is 0 Å². The first kappa shape index (κ1) is 15.2. The Morgan fingerprint density at radius 1 is 1.18 bits per heavy atom. The third-order valence-corrected chi connectivity index (χ3v) is 5.04. The van der Waals surface area contributed by atoms with Gasteiger partial charge in [0.1, 0.15) is 11.5 Å². The summed E-state index contributed by atoms with van der Waals surface area (Å²) in [4.78, 5) is 14.7. The average molecular weight is 303 g/mol. The molecule has 4 nitrogen and oxygen atoms in total. The van der Waals surface area contributed by atoms with Crippen molar-refractivity contribution in [2.24, 2.45) is 11.8 Å². The zero-order chi connectivity index (χ0) is 15.5. The molecule has 0 unspecified atom stereocenters. The number of amides is 1. The number of rotatable bonds is 4. The van der Waals surface area contributed by atoms with Gasteiger partial charge in [-0.3, -0.25) is 4.79 Å². The van der Waals surface area contributed by atoms with Gasteiger partial charge in [-0.05, 0) is 37.2 Å². The molecule has 0 radical (unpaired) electrons. The van der Waals surface area contributed by atoms with Gasteiger partial charge in [-0.1, -0.05) is 12.5 Å². The number of piperidine rings is 1. The molecule has 3 rings (SSSR count). The largest absolute Gasteiger partial charge is 0.497 e. The molecule has 1 aliphatic heterocycles. The summed E-state index contributed by atoms with van der Waals surface area (Å²) in [5, 5.41) is 0. The summed E-state index contributed by atoms with van der Waals surface area (Å²) in [6, 6.07) is 5.66.